The molecular formula is C12H18FO4P. The molecule has 0 spiro atoms. The van der Waals surface area contributed by atoms with Gasteiger partial charge in [0.2, 0.25) is 0 Å². The Morgan fingerprint density at radius 3 is 2.33 bits per heavy atom. The van der Waals surface area contributed by atoms with Crippen molar-refractivity contribution in [2.24, 2.45) is 0 Å². The fourth-order valence-electron chi connectivity index (χ4n) is 1.39. The molecule has 102 valence electrons. The van der Waals surface area contributed by atoms with Gasteiger partial charge in [0.05, 0.1) is 26.0 Å². The first kappa shape index (κ1) is 15.2. The number of para-hydroxylation sites is 1. The Kier molecular flexibility index (Phi) is 6.33. The molecular weight excluding hydrogens is 258 g/mol. The second kappa shape index (κ2) is 7.52. The van der Waals surface area contributed by atoms with E-state index < -0.39 is 13.4 Å². The molecule has 1 aromatic rings. The molecule has 0 heterocycles. The highest BCUT2D eigenvalue weighted by Gasteiger charge is 2.23. The molecule has 4 nitrogen and oxygen atoms in total. The van der Waals surface area contributed by atoms with Gasteiger partial charge in [0, 0.05) is 0 Å². The fourth-order valence-corrected chi connectivity index (χ4v) is 2.82. The third-order valence-electron chi connectivity index (χ3n) is 2.11. The van der Waals surface area contributed by atoms with Crippen molar-refractivity contribution in [3.63, 3.8) is 0 Å². The molecule has 0 aromatic heterocycles. The van der Waals surface area contributed by atoms with E-state index >= 15 is 0 Å². The van der Waals surface area contributed by atoms with Gasteiger partial charge >= 0.3 is 7.60 Å². The fraction of sp³-hybridized carbons (Fsp3) is 0.500. The van der Waals surface area contributed by atoms with E-state index in [1.807, 2.05) is 0 Å². The third kappa shape index (κ3) is 4.77. The van der Waals surface area contributed by atoms with Crippen molar-refractivity contribution < 1.29 is 22.7 Å². The van der Waals surface area contributed by atoms with Crippen LogP contribution in [0, 0.1) is 5.82 Å². The molecule has 0 fully saturated rings. The molecule has 0 aliphatic carbocycles. The van der Waals surface area contributed by atoms with Crippen molar-refractivity contribution in [1.29, 1.82) is 0 Å². The van der Waals surface area contributed by atoms with Crippen LogP contribution in [0.3, 0.4) is 0 Å². The summed E-state index contributed by atoms with van der Waals surface area (Å²) >= 11 is 0. The van der Waals surface area contributed by atoms with Gasteiger partial charge in [0.15, 0.2) is 11.6 Å². The van der Waals surface area contributed by atoms with Gasteiger partial charge in [-0.2, -0.15) is 0 Å². The maximum atomic E-state index is 13.2. The molecule has 0 saturated carbocycles. The van der Waals surface area contributed by atoms with E-state index in [2.05, 4.69) is 0 Å². The highest BCUT2D eigenvalue weighted by Crippen LogP contribution is 2.47. The average Bonchev–Trinajstić information content (AvgIpc) is 2.32. The maximum Gasteiger partial charge on any atom is 0.334 e. The van der Waals surface area contributed by atoms with Crippen molar-refractivity contribution in [2.75, 3.05) is 26.0 Å². The highest BCUT2D eigenvalue weighted by molar-refractivity contribution is 7.53. The van der Waals surface area contributed by atoms with E-state index in [0.29, 0.717) is 13.2 Å². The Balaban J connectivity index is 2.49. The third-order valence-corrected chi connectivity index (χ3v) is 4.14. The molecule has 0 radical (unpaired) electrons. The van der Waals surface area contributed by atoms with Gasteiger partial charge in [-0.1, -0.05) is 12.1 Å². The van der Waals surface area contributed by atoms with E-state index in [1.54, 1.807) is 26.0 Å². The minimum atomic E-state index is -3.12. The second-order valence-corrected chi connectivity index (χ2v) is 5.63. The van der Waals surface area contributed by atoms with Crippen molar-refractivity contribution in [3.05, 3.63) is 30.1 Å². The molecule has 0 saturated heterocycles. The summed E-state index contributed by atoms with van der Waals surface area (Å²) in [6.45, 7) is 4.17. The first-order chi connectivity index (χ1) is 8.61. The Hall–Kier alpha value is -0.900. The van der Waals surface area contributed by atoms with Gasteiger partial charge in [-0.25, -0.2) is 4.39 Å². The summed E-state index contributed by atoms with van der Waals surface area (Å²) in [5.74, 6) is -0.308. The zero-order valence-corrected chi connectivity index (χ0v) is 11.5. The Morgan fingerprint density at radius 1 is 1.17 bits per heavy atom. The van der Waals surface area contributed by atoms with Crippen LogP contribution in [0.5, 0.6) is 5.75 Å². The lowest BCUT2D eigenvalue weighted by Crippen LogP contribution is -2.08. The minimum Gasteiger partial charge on any atom is -0.490 e. The second-order valence-electron chi connectivity index (χ2n) is 3.45. The number of rotatable bonds is 8. The summed E-state index contributed by atoms with van der Waals surface area (Å²) in [6, 6.07) is 6.07. The molecule has 1 rings (SSSR count). The Morgan fingerprint density at radius 2 is 1.78 bits per heavy atom. The zero-order chi connectivity index (χ0) is 13.4. The summed E-state index contributed by atoms with van der Waals surface area (Å²) in [4.78, 5) is 0. The predicted octanol–water partition coefficient (Wildman–Crippen LogP) is 3.47. The number of benzene rings is 1. The van der Waals surface area contributed by atoms with Crippen LogP contribution in [0.1, 0.15) is 13.8 Å². The topological polar surface area (TPSA) is 44.8 Å². The van der Waals surface area contributed by atoms with Crippen LogP contribution in [-0.2, 0) is 13.6 Å². The standard InChI is InChI=1S/C12H18FO4P/c1-3-16-18(14,17-4-2)10-9-15-12-8-6-5-7-11(12)13/h5-8H,3-4,9-10H2,1-2H3. The maximum absolute atomic E-state index is 13.2. The first-order valence-electron chi connectivity index (χ1n) is 5.86. The van der Waals surface area contributed by atoms with Crippen LogP contribution in [-0.4, -0.2) is 26.0 Å². The molecule has 1 aromatic carbocycles. The first-order valence-corrected chi connectivity index (χ1v) is 7.59. The van der Waals surface area contributed by atoms with Crippen molar-refractivity contribution >= 4 is 7.60 Å². The average molecular weight is 276 g/mol. The molecule has 0 atom stereocenters. The summed E-state index contributed by atoms with van der Waals surface area (Å²) in [6.07, 6.45) is 0.100. The van der Waals surface area contributed by atoms with E-state index in [4.69, 9.17) is 13.8 Å². The van der Waals surface area contributed by atoms with E-state index in [-0.39, 0.29) is 18.5 Å². The molecule has 0 bridgehead atoms. The number of hydrogen-bond acceptors (Lipinski definition) is 4. The van der Waals surface area contributed by atoms with Crippen molar-refractivity contribution in [2.45, 2.75) is 13.8 Å². The molecule has 0 N–H and O–H groups in total. The largest absolute Gasteiger partial charge is 0.490 e. The summed E-state index contributed by atoms with van der Waals surface area (Å²) in [7, 11) is -3.12. The molecule has 0 amide bonds. The smallest absolute Gasteiger partial charge is 0.334 e. The number of ether oxygens (including phenoxy) is 1. The quantitative estimate of drug-likeness (QED) is 0.682. The molecule has 6 heteroatoms. The monoisotopic (exact) mass is 276 g/mol. The van der Waals surface area contributed by atoms with Crippen molar-refractivity contribution in [3.8, 4) is 5.75 Å². The van der Waals surface area contributed by atoms with Crippen LogP contribution in [0.15, 0.2) is 24.3 Å². The molecule has 18 heavy (non-hydrogen) atoms. The van der Waals surface area contributed by atoms with Gasteiger partial charge < -0.3 is 13.8 Å². The van der Waals surface area contributed by atoms with E-state index in [0.717, 1.165) is 0 Å². The van der Waals surface area contributed by atoms with Crippen LogP contribution in [0.25, 0.3) is 0 Å². The van der Waals surface area contributed by atoms with Crippen LogP contribution in [0.2, 0.25) is 0 Å². The van der Waals surface area contributed by atoms with Gasteiger partial charge in [-0.05, 0) is 26.0 Å². The van der Waals surface area contributed by atoms with Crippen LogP contribution < -0.4 is 4.74 Å². The minimum absolute atomic E-state index is 0.0816. The molecule has 0 aliphatic rings. The molecule has 0 aliphatic heterocycles. The number of halogens is 1. The predicted molar refractivity (Wildman–Crippen MR) is 67.6 cm³/mol. The summed E-state index contributed by atoms with van der Waals surface area (Å²) in [5, 5.41) is 0. The SMILES string of the molecule is CCOP(=O)(CCOc1ccccc1F)OCC. The van der Waals surface area contributed by atoms with Gasteiger partial charge in [0.25, 0.3) is 0 Å². The Labute approximate surface area is 107 Å². The summed E-state index contributed by atoms with van der Waals surface area (Å²) < 4.78 is 40.7. The van der Waals surface area contributed by atoms with Crippen LogP contribution >= 0.6 is 7.60 Å². The molecule has 0 unspecified atom stereocenters. The van der Waals surface area contributed by atoms with E-state index in [1.165, 1.54) is 12.1 Å². The van der Waals surface area contributed by atoms with Gasteiger partial charge in [-0.15, -0.1) is 0 Å². The number of hydrogen-bond donors (Lipinski definition) is 0. The highest BCUT2D eigenvalue weighted by atomic mass is 31.2. The lowest BCUT2D eigenvalue weighted by Gasteiger charge is -2.17. The Bertz CT molecular complexity index is 401. The van der Waals surface area contributed by atoms with Crippen LogP contribution in [0.4, 0.5) is 4.39 Å². The lowest BCUT2D eigenvalue weighted by atomic mass is 10.3. The van der Waals surface area contributed by atoms with Crippen molar-refractivity contribution in [1.82, 2.24) is 0 Å². The lowest BCUT2D eigenvalue weighted by molar-refractivity contribution is 0.212. The normalized spacial score (nSPS) is 11.5. The van der Waals surface area contributed by atoms with E-state index in [9.17, 15) is 8.96 Å². The van der Waals surface area contributed by atoms with Gasteiger partial charge in [0.1, 0.15) is 0 Å². The van der Waals surface area contributed by atoms with Gasteiger partial charge in [-0.3, -0.25) is 4.57 Å². The zero-order valence-electron chi connectivity index (χ0n) is 10.6. The summed E-state index contributed by atoms with van der Waals surface area (Å²) in [5.41, 5.74) is 0.